The Morgan fingerprint density at radius 3 is 2.58 bits per heavy atom. The Hall–Kier alpha value is -2.08. The maximum atomic E-state index is 12.3. The highest BCUT2D eigenvalue weighted by atomic mass is 16.6. The quantitative estimate of drug-likeness (QED) is 0.920. The maximum Gasteiger partial charge on any atom is 0.410 e. The van der Waals surface area contributed by atoms with Crippen molar-refractivity contribution in [3.05, 3.63) is 35.9 Å². The third-order valence-electron chi connectivity index (χ3n) is 5.27. The minimum absolute atomic E-state index is 0.201. The summed E-state index contributed by atoms with van der Waals surface area (Å²) in [6.45, 7) is 2.15. The highest BCUT2D eigenvalue weighted by Gasteiger charge is 2.48. The first kappa shape index (κ1) is 16.8. The molecule has 6 nitrogen and oxygen atoms in total. The van der Waals surface area contributed by atoms with Gasteiger partial charge in [0, 0.05) is 26.3 Å². The molecule has 2 aliphatic heterocycles. The molecular weight excluding hydrogens is 310 g/mol. The van der Waals surface area contributed by atoms with Gasteiger partial charge in [0.1, 0.15) is 6.61 Å². The fraction of sp³-hybridized carbons (Fsp3) is 0.556. The van der Waals surface area contributed by atoms with Gasteiger partial charge in [-0.1, -0.05) is 30.3 Å². The molecule has 0 aliphatic carbocycles. The lowest BCUT2D eigenvalue weighted by Crippen LogP contribution is -2.54. The summed E-state index contributed by atoms with van der Waals surface area (Å²) in [5, 5.41) is 9.64. The molecule has 0 aromatic heterocycles. The minimum Gasteiger partial charge on any atom is -0.481 e. The summed E-state index contributed by atoms with van der Waals surface area (Å²) in [5.74, 6) is -1.39. The average Bonchev–Trinajstić information content (AvgIpc) is 2.61. The molecule has 3 rings (SSSR count). The molecule has 1 atom stereocenters. The van der Waals surface area contributed by atoms with Crippen LogP contribution in [0.2, 0.25) is 0 Å². The van der Waals surface area contributed by atoms with E-state index in [-0.39, 0.29) is 18.6 Å². The summed E-state index contributed by atoms with van der Waals surface area (Å²) in [4.78, 5) is 25.6. The lowest BCUT2D eigenvalue weighted by molar-refractivity contribution is -0.155. The van der Waals surface area contributed by atoms with Crippen molar-refractivity contribution in [1.82, 2.24) is 4.90 Å². The molecule has 2 heterocycles. The summed E-state index contributed by atoms with van der Waals surface area (Å²) in [6.07, 6.45) is 1.74. The standard InChI is InChI=1S/C18H23NO5/c20-16(21)15-12-19(9-6-18(15)7-10-23-11-8-18)17(22)24-13-14-4-2-1-3-5-14/h1-5,15H,6-13H2,(H,20,21). The van der Waals surface area contributed by atoms with Crippen molar-refractivity contribution >= 4 is 12.1 Å². The summed E-state index contributed by atoms with van der Waals surface area (Å²) in [5.41, 5.74) is 0.666. The minimum atomic E-state index is -0.836. The number of aliphatic carboxylic acids is 1. The van der Waals surface area contributed by atoms with E-state index < -0.39 is 18.0 Å². The third kappa shape index (κ3) is 3.53. The molecule has 0 radical (unpaired) electrons. The molecule has 1 N–H and O–H groups in total. The fourth-order valence-electron chi connectivity index (χ4n) is 3.73. The molecule has 1 amide bonds. The Morgan fingerprint density at radius 1 is 1.21 bits per heavy atom. The molecule has 24 heavy (non-hydrogen) atoms. The summed E-state index contributed by atoms with van der Waals surface area (Å²) in [6, 6.07) is 9.46. The van der Waals surface area contributed by atoms with Crippen molar-refractivity contribution in [2.45, 2.75) is 25.9 Å². The lowest BCUT2D eigenvalue weighted by atomic mass is 9.65. The molecule has 6 heteroatoms. The van der Waals surface area contributed by atoms with Crippen molar-refractivity contribution in [1.29, 1.82) is 0 Å². The first-order chi connectivity index (χ1) is 11.6. The monoisotopic (exact) mass is 333 g/mol. The average molecular weight is 333 g/mol. The number of hydrogen-bond donors (Lipinski definition) is 1. The lowest BCUT2D eigenvalue weighted by Gasteiger charge is -2.47. The van der Waals surface area contributed by atoms with Crippen LogP contribution >= 0.6 is 0 Å². The second kappa shape index (κ2) is 7.21. The SMILES string of the molecule is O=C(O)C1CN(C(=O)OCc2ccccc2)CCC12CCOCC2. The summed E-state index contributed by atoms with van der Waals surface area (Å²) >= 11 is 0. The van der Waals surface area contributed by atoms with Crippen molar-refractivity contribution in [3.63, 3.8) is 0 Å². The van der Waals surface area contributed by atoms with Gasteiger partial charge in [-0.3, -0.25) is 4.79 Å². The first-order valence-corrected chi connectivity index (χ1v) is 8.37. The summed E-state index contributed by atoms with van der Waals surface area (Å²) < 4.78 is 10.7. The van der Waals surface area contributed by atoms with Crippen LogP contribution in [0, 0.1) is 11.3 Å². The van der Waals surface area contributed by atoms with E-state index in [4.69, 9.17) is 9.47 Å². The van der Waals surface area contributed by atoms with Crippen LogP contribution in [0.5, 0.6) is 0 Å². The van der Waals surface area contributed by atoms with Crippen molar-refractivity contribution in [3.8, 4) is 0 Å². The molecule has 1 aromatic rings. The van der Waals surface area contributed by atoms with Crippen LogP contribution in [0.4, 0.5) is 4.79 Å². The number of carboxylic acid groups (broad SMARTS) is 1. The number of nitrogens with zero attached hydrogens (tertiary/aromatic N) is 1. The number of rotatable bonds is 3. The van der Waals surface area contributed by atoms with Gasteiger partial charge in [0.15, 0.2) is 0 Å². The smallest absolute Gasteiger partial charge is 0.410 e. The van der Waals surface area contributed by atoms with E-state index in [9.17, 15) is 14.7 Å². The van der Waals surface area contributed by atoms with Gasteiger partial charge < -0.3 is 19.5 Å². The largest absolute Gasteiger partial charge is 0.481 e. The van der Waals surface area contributed by atoms with Gasteiger partial charge in [-0.25, -0.2) is 4.79 Å². The zero-order chi connectivity index (χ0) is 17.0. The van der Waals surface area contributed by atoms with Crippen LogP contribution in [-0.2, 0) is 20.9 Å². The second-order valence-electron chi connectivity index (χ2n) is 6.60. The second-order valence-corrected chi connectivity index (χ2v) is 6.60. The van der Waals surface area contributed by atoms with Gasteiger partial charge in [-0.15, -0.1) is 0 Å². The molecule has 2 saturated heterocycles. The molecule has 2 aliphatic rings. The Bertz CT molecular complexity index is 582. The molecule has 1 spiro atoms. The van der Waals surface area contributed by atoms with Crippen LogP contribution in [0.15, 0.2) is 30.3 Å². The van der Waals surface area contributed by atoms with E-state index in [0.717, 1.165) is 18.4 Å². The predicted molar refractivity (Wildman–Crippen MR) is 86.4 cm³/mol. The van der Waals surface area contributed by atoms with Crippen molar-refractivity contribution in [2.24, 2.45) is 11.3 Å². The molecule has 130 valence electrons. The molecule has 2 fully saturated rings. The topological polar surface area (TPSA) is 76.1 Å². The zero-order valence-electron chi connectivity index (χ0n) is 13.6. The van der Waals surface area contributed by atoms with Crippen LogP contribution in [-0.4, -0.2) is 48.4 Å². The Balaban J connectivity index is 1.61. The van der Waals surface area contributed by atoms with Gasteiger partial charge in [-0.2, -0.15) is 0 Å². The van der Waals surface area contributed by atoms with E-state index in [1.807, 2.05) is 30.3 Å². The van der Waals surface area contributed by atoms with Crippen LogP contribution in [0.1, 0.15) is 24.8 Å². The zero-order valence-corrected chi connectivity index (χ0v) is 13.6. The normalized spacial score (nSPS) is 23.0. The number of ether oxygens (including phenoxy) is 2. The number of amides is 1. The highest BCUT2D eigenvalue weighted by molar-refractivity contribution is 5.74. The number of carbonyl (C=O) groups is 2. The van der Waals surface area contributed by atoms with Gasteiger partial charge in [0.2, 0.25) is 0 Å². The number of hydrogen-bond acceptors (Lipinski definition) is 4. The molecule has 1 unspecified atom stereocenters. The number of benzene rings is 1. The van der Waals surface area contributed by atoms with Crippen molar-refractivity contribution < 1.29 is 24.2 Å². The number of carboxylic acids is 1. The molecule has 0 saturated carbocycles. The summed E-state index contributed by atoms with van der Waals surface area (Å²) in [7, 11) is 0. The van der Waals surface area contributed by atoms with E-state index >= 15 is 0 Å². The van der Waals surface area contributed by atoms with Gasteiger partial charge in [0.05, 0.1) is 5.92 Å². The fourth-order valence-corrected chi connectivity index (χ4v) is 3.73. The first-order valence-electron chi connectivity index (χ1n) is 8.37. The van der Waals surface area contributed by atoms with Gasteiger partial charge in [0.25, 0.3) is 0 Å². The van der Waals surface area contributed by atoms with E-state index in [2.05, 4.69) is 0 Å². The van der Waals surface area contributed by atoms with E-state index in [1.165, 1.54) is 4.90 Å². The number of likely N-dealkylation sites (tertiary alicyclic amines) is 1. The number of carbonyl (C=O) groups excluding carboxylic acids is 1. The maximum absolute atomic E-state index is 12.3. The van der Waals surface area contributed by atoms with Crippen LogP contribution in [0.25, 0.3) is 0 Å². The van der Waals surface area contributed by atoms with Gasteiger partial charge in [-0.05, 0) is 30.2 Å². The van der Waals surface area contributed by atoms with E-state index in [0.29, 0.717) is 26.2 Å². The Kier molecular flexibility index (Phi) is 5.04. The molecule has 0 bridgehead atoms. The highest BCUT2D eigenvalue weighted by Crippen LogP contribution is 2.45. The van der Waals surface area contributed by atoms with Crippen LogP contribution in [0.3, 0.4) is 0 Å². The third-order valence-corrected chi connectivity index (χ3v) is 5.27. The number of piperidine rings is 1. The van der Waals surface area contributed by atoms with Crippen LogP contribution < -0.4 is 0 Å². The molecule has 1 aromatic carbocycles. The van der Waals surface area contributed by atoms with Crippen molar-refractivity contribution in [2.75, 3.05) is 26.3 Å². The van der Waals surface area contributed by atoms with Gasteiger partial charge >= 0.3 is 12.1 Å². The van der Waals surface area contributed by atoms with E-state index in [1.54, 1.807) is 0 Å². The Morgan fingerprint density at radius 2 is 1.92 bits per heavy atom. The predicted octanol–water partition coefficient (Wildman–Crippen LogP) is 2.53. The molecular formula is C18H23NO5. The Labute approximate surface area is 141 Å².